The molecule has 0 unspecified atom stereocenters. The number of rotatable bonds is 7. The minimum absolute atomic E-state index is 0.189. The van der Waals surface area contributed by atoms with E-state index in [9.17, 15) is 13.6 Å². The second-order valence-electron chi connectivity index (χ2n) is 4.78. The molecular formula is C18H18F2O3. The van der Waals surface area contributed by atoms with Gasteiger partial charge in [0.1, 0.15) is 11.6 Å². The van der Waals surface area contributed by atoms with E-state index in [1.807, 2.05) is 13.8 Å². The van der Waals surface area contributed by atoms with Gasteiger partial charge in [-0.15, -0.1) is 0 Å². The molecule has 0 atom stereocenters. The summed E-state index contributed by atoms with van der Waals surface area (Å²) in [5.74, 6) is -2.16. The van der Waals surface area contributed by atoms with Crippen molar-refractivity contribution in [3.05, 3.63) is 70.8 Å². The standard InChI is InChI=1S/C18H18F2O3/c1-3-22-18(23-4-2)14-8-6-5-7-13(14)17(21)15-10-9-12(19)11-16(15)20/h5-11,18H,3-4H2,1-2H3. The van der Waals surface area contributed by atoms with E-state index in [0.717, 1.165) is 12.1 Å². The summed E-state index contributed by atoms with van der Waals surface area (Å²) in [6, 6.07) is 9.58. The van der Waals surface area contributed by atoms with Gasteiger partial charge in [0.15, 0.2) is 12.1 Å². The molecule has 0 N–H and O–H groups in total. The Morgan fingerprint density at radius 2 is 1.65 bits per heavy atom. The summed E-state index contributed by atoms with van der Waals surface area (Å²) in [7, 11) is 0. The number of ether oxygens (including phenoxy) is 2. The van der Waals surface area contributed by atoms with Gasteiger partial charge in [-0.3, -0.25) is 4.79 Å². The summed E-state index contributed by atoms with van der Waals surface area (Å²) in [5, 5.41) is 0. The predicted octanol–water partition coefficient (Wildman–Crippen LogP) is 4.27. The average molecular weight is 320 g/mol. The van der Waals surface area contributed by atoms with Gasteiger partial charge in [-0.05, 0) is 26.0 Å². The van der Waals surface area contributed by atoms with Crippen LogP contribution in [0.1, 0.15) is 41.6 Å². The van der Waals surface area contributed by atoms with Crippen molar-refractivity contribution in [2.75, 3.05) is 13.2 Å². The van der Waals surface area contributed by atoms with Gasteiger partial charge in [0.2, 0.25) is 0 Å². The number of hydrogen-bond donors (Lipinski definition) is 0. The van der Waals surface area contributed by atoms with Crippen LogP contribution < -0.4 is 0 Å². The highest BCUT2D eigenvalue weighted by molar-refractivity contribution is 6.10. The lowest BCUT2D eigenvalue weighted by molar-refractivity contribution is -0.140. The van der Waals surface area contributed by atoms with Gasteiger partial charge in [0.25, 0.3) is 0 Å². The SMILES string of the molecule is CCOC(OCC)c1ccccc1C(=O)c1ccc(F)cc1F. The zero-order valence-electron chi connectivity index (χ0n) is 13.0. The molecule has 23 heavy (non-hydrogen) atoms. The Kier molecular flexibility index (Phi) is 5.96. The first-order valence-corrected chi connectivity index (χ1v) is 7.40. The second-order valence-corrected chi connectivity index (χ2v) is 4.78. The van der Waals surface area contributed by atoms with Crippen molar-refractivity contribution in [2.24, 2.45) is 0 Å². The minimum Gasteiger partial charge on any atom is -0.349 e. The molecule has 0 aliphatic rings. The van der Waals surface area contributed by atoms with Crippen molar-refractivity contribution >= 4 is 5.78 Å². The first kappa shape index (κ1) is 17.2. The Labute approximate surface area is 133 Å². The van der Waals surface area contributed by atoms with Gasteiger partial charge < -0.3 is 9.47 Å². The average Bonchev–Trinajstić information content (AvgIpc) is 2.54. The van der Waals surface area contributed by atoms with Crippen LogP contribution >= 0.6 is 0 Å². The van der Waals surface area contributed by atoms with Gasteiger partial charge >= 0.3 is 0 Å². The van der Waals surface area contributed by atoms with Crippen LogP contribution in [0.5, 0.6) is 0 Å². The fourth-order valence-electron chi connectivity index (χ4n) is 2.26. The number of carbonyl (C=O) groups excluding carboxylic acids is 1. The number of hydrogen-bond acceptors (Lipinski definition) is 3. The highest BCUT2D eigenvalue weighted by atomic mass is 19.1. The van der Waals surface area contributed by atoms with E-state index in [0.29, 0.717) is 24.8 Å². The van der Waals surface area contributed by atoms with Crippen LogP contribution in [0.15, 0.2) is 42.5 Å². The molecule has 2 aromatic carbocycles. The van der Waals surface area contributed by atoms with Crippen molar-refractivity contribution in [2.45, 2.75) is 20.1 Å². The number of benzene rings is 2. The van der Waals surface area contributed by atoms with Gasteiger partial charge in [-0.25, -0.2) is 8.78 Å². The molecular weight excluding hydrogens is 302 g/mol. The van der Waals surface area contributed by atoms with Crippen LogP contribution in [0.2, 0.25) is 0 Å². The maximum Gasteiger partial charge on any atom is 0.196 e. The molecule has 0 heterocycles. The second kappa shape index (κ2) is 7.94. The third-order valence-corrected chi connectivity index (χ3v) is 3.27. The fourth-order valence-corrected chi connectivity index (χ4v) is 2.26. The van der Waals surface area contributed by atoms with Crippen molar-refractivity contribution in [1.82, 2.24) is 0 Å². The lowest BCUT2D eigenvalue weighted by Crippen LogP contribution is -2.15. The molecule has 0 amide bonds. The van der Waals surface area contributed by atoms with Crippen LogP contribution in [-0.2, 0) is 9.47 Å². The van der Waals surface area contributed by atoms with E-state index in [2.05, 4.69) is 0 Å². The summed E-state index contributed by atoms with van der Waals surface area (Å²) in [4.78, 5) is 12.6. The first-order chi connectivity index (χ1) is 11.1. The summed E-state index contributed by atoms with van der Waals surface area (Å²) in [5.41, 5.74) is 0.598. The molecule has 2 rings (SSSR count). The maximum absolute atomic E-state index is 13.9. The molecule has 3 nitrogen and oxygen atoms in total. The van der Waals surface area contributed by atoms with E-state index < -0.39 is 23.7 Å². The Bertz CT molecular complexity index is 680. The molecule has 0 saturated carbocycles. The summed E-state index contributed by atoms with van der Waals surface area (Å²) >= 11 is 0. The highest BCUT2D eigenvalue weighted by Gasteiger charge is 2.22. The summed E-state index contributed by atoms with van der Waals surface area (Å²) in [6.07, 6.45) is -0.714. The maximum atomic E-state index is 13.9. The highest BCUT2D eigenvalue weighted by Crippen LogP contribution is 2.26. The normalized spacial score (nSPS) is 11.0. The Hall–Kier alpha value is -2.11. The lowest BCUT2D eigenvalue weighted by Gasteiger charge is -2.20. The zero-order valence-corrected chi connectivity index (χ0v) is 13.0. The quantitative estimate of drug-likeness (QED) is 0.564. The molecule has 0 radical (unpaired) electrons. The van der Waals surface area contributed by atoms with Gasteiger partial charge in [0, 0.05) is 30.4 Å². The molecule has 0 spiro atoms. The molecule has 0 aromatic heterocycles. The van der Waals surface area contributed by atoms with Gasteiger partial charge in [0.05, 0.1) is 5.56 Å². The van der Waals surface area contributed by atoms with Crippen molar-refractivity contribution < 1.29 is 23.0 Å². The largest absolute Gasteiger partial charge is 0.349 e. The first-order valence-electron chi connectivity index (χ1n) is 7.40. The van der Waals surface area contributed by atoms with Crippen LogP contribution in [0.4, 0.5) is 8.78 Å². The topological polar surface area (TPSA) is 35.5 Å². The fraction of sp³-hybridized carbons (Fsp3) is 0.278. The Balaban J connectivity index is 2.44. The molecule has 0 saturated heterocycles. The predicted molar refractivity (Wildman–Crippen MR) is 82.2 cm³/mol. The van der Waals surface area contributed by atoms with Crippen molar-refractivity contribution in [3.8, 4) is 0 Å². The van der Waals surface area contributed by atoms with Crippen molar-refractivity contribution in [3.63, 3.8) is 0 Å². The Morgan fingerprint density at radius 1 is 1.00 bits per heavy atom. The summed E-state index contributed by atoms with van der Waals surface area (Å²) in [6.45, 7) is 4.43. The lowest BCUT2D eigenvalue weighted by atomic mass is 9.97. The number of ketones is 1. The smallest absolute Gasteiger partial charge is 0.196 e. The molecule has 5 heteroatoms. The van der Waals surface area contributed by atoms with E-state index in [4.69, 9.17) is 9.47 Å². The molecule has 2 aromatic rings. The van der Waals surface area contributed by atoms with E-state index >= 15 is 0 Å². The van der Waals surface area contributed by atoms with Gasteiger partial charge in [-0.1, -0.05) is 24.3 Å². The zero-order chi connectivity index (χ0) is 16.8. The molecule has 0 aliphatic heterocycles. The number of halogens is 2. The molecule has 0 fully saturated rings. The molecule has 0 aliphatic carbocycles. The van der Waals surface area contributed by atoms with E-state index in [1.165, 1.54) is 0 Å². The van der Waals surface area contributed by atoms with E-state index in [1.54, 1.807) is 24.3 Å². The molecule has 122 valence electrons. The Morgan fingerprint density at radius 3 is 2.26 bits per heavy atom. The summed E-state index contributed by atoms with van der Waals surface area (Å²) < 4.78 is 38.0. The minimum atomic E-state index is -0.894. The van der Waals surface area contributed by atoms with Crippen LogP contribution in [0.3, 0.4) is 0 Å². The molecule has 0 bridgehead atoms. The van der Waals surface area contributed by atoms with Crippen LogP contribution in [0, 0.1) is 11.6 Å². The third-order valence-electron chi connectivity index (χ3n) is 3.27. The van der Waals surface area contributed by atoms with Crippen molar-refractivity contribution in [1.29, 1.82) is 0 Å². The van der Waals surface area contributed by atoms with E-state index in [-0.39, 0.29) is 11.1 Å². The third kappa shape index (κ3) is 4.00. The monoisotopic (exact) mass is 320 g/mol. The van der Waals surface area contributed by atoms with Crippen LogP contribution in [0.25, 0.3) is 0 Å². The van der Waals surface area contributed by atoms with Gasteiger partial charge in [-0.2, -0.15) is 0 Å². The van der Waals surface area contributed by atoms with Crippen LogP contribution in [-0.4, -0.2) is 19.0 Å². The number of carbonyl (C=O) groups is 1.